The molecule has 1 saturated carbocycles. The van der Waals surface area contributed by atoms with Gasteiger partial charge in [0.25, 0.3) is 0 Å². The molecule has 0 radical (unpaired) electrons. The molecule has 4 heteroatoms. The maximum atomic E-state index is 10.9. The van der Waals surface area contributed by atoms with Gasteiger partial charge in [0.2, 0.25) is 5.76 Å². The first-order valence-corrected chi connectivity index (χ1v) is 7.05. The molecule has 19 heavy (non-hydrogen) atoms. The molecule has 1 heterocycles. The lowest BCUT2D eigenvalue weighted by Gasteiger charge is -2.39. The van der Waals surface area contributed by atoms with Crippen LogP contribution in [-0.4, -0.2) is 29.1 Å². The monoisotopic (exact) mass is 265 g/mol. The molecule has 1 aliphatic carbocycles. The van der Waals surface area contributed by atoms with Crippen LogP contribution >= 0.6 is 0 Å². The fraction of sp³-hybridized carbons (Fsp3) is 0.667. The van der Waals surface area contributed by atoms with E-state index in [1.165, 1.54) is 31.7 Å². The van der Waals surface area contributed by atoms with Gasteiger partial charge in [0.1, 0.15) is 5.76 Å². The second-order valence-electron chi connectivity index (χ2n) is 5.68. The van der Waals surface area contributed by atoms with Crippen LogP contribution in [0.5, 0.6) is 0 Å². The third kappa shape index (κ3) is 3.00. The lowest BCUT2D eigenvalue weighted by atomic mass is 9.84. The maximum absolute atomic E-state index is 10.9. The van der Waals surface area contributed by atoms with Crippen LogP contribution in [0.3, 0.4) is 0 Å². The second-order valence-corrected chi connectivity index (χ2v) is 5.68. The first-order chi connectivity index (χ1) is 9.00. The van der Waals surface area contributed by atoms with E-state index in [1.807, 2.05) is 0 Å². The predicted molar refractivity (Wildman–Crippen MR) is 73.3 cm³/mol. The summed E-state index contributed by atoms with van der Waals surface area (Å²) < 4.78 is 5.41. The Bertz CT molecular complexity index is 440. The zero-order valence-electron chi connectivity index (χ0n) is 11.9. The molecule has 0 aromatic carbocycles. The van der Waals surface area contributed by atoms with Crippen LogP contribution in [-0.2, 0) is 0 Å². The van der Waals surface area contributed by atoms with E-state index >= 15 is 0 Å². The molecule has 0 bridgehead atoms. The molecule has 0 amide bonds. The summed E-state index contributed by atoms with van der Waals surface area (Å²) >= 11 is 0. The van der Waals surface area contributed by atoms with Crippen molar-refractivity contribution in [2.45, 2.75) is 51.6 Å². The van der Waals surface area contributed by atoms with E-state index in [4.69, 9.17) is 9.52 Å². The third-order valence-electron chi connectivity index (χ3n) is 4.45. The minimum Gasteiger partial charge on any atom is -0.475 e. The summed E-state index contributed by atoms with van der Waals surface area (Å²) in [4.78, 5) is 13.2. The van der Waals surface area contributed by atoms with E-state index in [-0.39, 0.29) is 11.8 Å². The Balaban J connectivity index is 2.08. The molecule has 106 valence electrons. The summed E-state index contributed by atoms with van der Waals surface area (Å²) in [6, 6.07) is 3.98. The lowest BCUT2D eigenvalue weighted by Crippen LogP contribution is -2.40. The molecule has 0 spiro atoms. The SMILES string of the molecule is CC1CCCCC1N(C)C(C)c1ccc(C(=O)O)o1. The van der Waals surface area contributed by atoms with E-state index < -0.39 is 5.97 Å². The minimum atomic E-state index is -1.01. The van der Waals surface area contributed by atoms with Crippen molar-refractivity contribution >= 4 is 5.97 Å². The van der Waals surface area contributed by atoms with E-state index in [1.54, 1.807) is 6.07 Å². The van der Waals surface area contributed by atoms with Gasteiger partial charge in [-0.3, -0.25) is 4.90 Å². The van der Waals surface area contributed by atoms with Crippen molar-refractivity contribution < 1.29 is 14.3 Å². The number of hydrogen-bond acceptors (Lipinski definition) is 3. The van der Waals surface area contributed by atoms with Crippen molar-refractivity contribution in [2.24, 2.45) is 5.92 Å². The van der Waals surface area contributed by atoms with Gasteiger partial charge >= 0.3 is 5.97 Å². The number of aromatic carboxylic acids is 1. The Labute approximate surface area is 114 Å². The molecule has 4 nitrogen and oxygen atoms in total. The van der Waals surface area contributed by atoms with Gasteiger partial charge in [0, 0.05) is 6.04 Å². The van der Waals surface area contributed by atoms with Crippen LogP contribution in [0.2, 0.25) is 0 Å². The fourth-order valence-electron chi connectivity index (χ4n) is 3.08. The highest BCUT2D eigenvalue weighted by atomic mass is 16.4. The molecule has 0 aliphatic heterocycles. The largest absolute Gasteiger partial charge is 0.475 e. The zero-order chi connectivity index (χ0) is 14.0. The normalized spacial score (nSPS) is 25.5. The number of hydrogen-bond donors (Lipinski definition) is 1. The van der Waals surface area contributed by atoms with Gasteiger partial charge in [-0.05, 0) is 44.9 Å². The fourth-order valence-corrected chi connectivity index (χ4v) is 3.08. The van der Waals surface area contributed by atoms with Crippen LogP contribution in [0.15, 0.2) is 16.5 Å². The average molecular weight is 265 g/mol. The molecule has 3 atom stereocenters. The number of rotatable bonds is 4. The standard InChI is InChI=1S/C15H23NO3/c1-10-6-4-5-7-12(10)16(3)11(2)13-8-9-14(19-13)15(17)18/h8-12H,4-7H2,1-3H3,(H,17,18). The molecule has 1 aromatic heterocycles. The van der Waals surface area contributed by atoms with Crippen LogP contribution < -0.4 is 0 Å². The molecule has 2 rings (SSSR count). The van der Waals surface area contributed by atoms with Crippen molar-refractivity contribution in [3.05, 3.63) is 23.7 Å². The van der Waals surface area contributed by atoms with Gasteiger partial charge in [0.05, 0.1) is 6.04 Å². The van der Waals surface area contributed by atoms with Crippen molar-refractivity contribution in [2.75, 3.05) is 7.05 Å². The molecule has 1 fully saturated rings. The summed E-state index contributed by atoms with van der Waals surface area (Å²) in [6.45, 7) is 4.38. The Kier molecular flexibility index (Phi) is 4.30. The van der Waals surface area contributed by atoms with Gasteiger partial charge in [0.15, 0.2) is 0 Å². The Morgan fingerprint density at radius 1 is 1.42 bits per heavy atom. The van der Waals surface area contributed by atoms with Crippen molar-refractivity contribution in [3.63, 3.8) is 0 Å². The number of nitrogens with zero attached hydrogens (tertiary/aromatic N) is 1. The Hall–Kier alpha value is -1.29. The van der Waals surface area contributed by atoms with Gasteiger partial charge < -0.3 is 9.52 Å². The molecule has 0 saturated heterocycles. The van der Waals surface area contributed by atoms with E-state index in [0.717, 1.165) is 5.76 Å². The maximum Gasteiger partial charge on any atom is 0.371 e. The highest BCUT2D eigenvalue weighted by Crippen LogP contribution is 2.32. The van der Waals surface area contributed by atoms with E-state index in [9.17, 15) is 4.79 Å². The van der Waals surface area contributed by atoms with E-state index in [0.29, 0.717) is 12.0 Å². The topological polar surface area (TPSA) is 53.7 Å². The average Bonchev–Trinajstić information content (AvgIpc) is 2.87. The first kappa shape index (κ1) is 14.1. The second kappa shape index (κ2) is 5.78. The van der Waals surface area contributed by atoms with Crippen molar-refractivity contribution in [3.8, 4) is 0 Å². The summed E-state index contributed by atoms with van der Waals surface area (Å²) in [5, 5.41) is 8.90. The zero-order valence-corrected chi connectivity index (χ0v) is 11.9. The molecular weight excluding hydrogens is 242 g/mol. The highest BCUT2D eigenvalue weighted by molar-refractivity contribution is 5.84. The van der Waals surface area contributed by atoms with Crippen LogP contribution in [0.25, 0.3) is 0 Å². The highest BCUT2D eigenvalue weighted by Gasteiger charge is 2.29. The summed E-state index contributed by atoms with van der Waals surface area (Å²) in [6.07, 6.45) is 5.10. The van der Waals surface area contributed by atoms with Gasteiger partial charge in [-0.25, -0.2) is 4.79 Å². The first-order valence-electron chi connectivity index (χ1n) is 7.05. The molecule has 3 unspecified atom stereocenters. The van der Waals surface area contributed by atoms with Crippen molar-refractivity contribution in [1.82, 2.24) is 4.90 Å². The van der Waals surface area contributed by atoms with Crippen LogP contribution in [0.1, 0.15) is 61.9 Å². The Morgan fingerprint density at radius 2 is 2.11 bits per heavy atom. The predicted octanol–water partition coefficient (Wildman–Crippen LogP) is 3.55. The molecular formula is C15H23NO3. The molecule has 1 N–H and O–H groups in total. The van der Waals surface area contributed by atoms with Crippen molar-refractivity contribution in [1.29, 1.82) is 0 Å². The van der Waals surface area contributed by atoms with Gasteiger partial charge in [-0.15, -0.1) is 0 Å². The lowest BCUT2D eigenvalue weighted by molar-refractivity contribution is 0.0645. The van der Waals surface area contributed by atoms with Crippen LogP contribution in [0, 0.1) is 5.92 Å². The number of carboxylic acids is 1. The number of furan rings is 1. The summed E-state index contributed by atoms with van der Waals surface area (Å²) in [5.41, 5.74) is 0. The number of carboxylic acid groups (broad SMARTS) is 1. The van der Waals surface area contributed by atoms with Crippen LogP contribution in [0.4, 0.5) is 0 Å². The summed E-state index contributed by atoms with van der Waals surface area (Å²) in [5.74, 6) is 0.437. The van der Waals surface area contributed by atoms with Gasteiger partial charge in [-0.2, -0.15) is 0 Å². The molecule has 1 aliphatic rings. The Morgan fingerprint density at radius 3 is 2.68 bits per heavy atom. The third-order valence-corrected chi connectivity index (χ3v) is 4.45. The molecule has 1 aromatic rings. The minimum absolute atomic E-state index is 0.0203. The smallest absolute Gasteiger partial charge is 0.371 e. The number of carbonyl (C=O) groups is 1. The summed E-state index contributed by atoms with van der Waals surface area (Å²) in [7, 11) is 2.11. The quantitative estimate of drug-likeness (QED) is 0.904. The van der Waals surface area contributed by atoms with E-state index in [2.05, 4.69) is 25.8 Å². The van der Waals surface area contributed by atoms with Gasteiger partial charge in [-0.1, -0.05) is 19.8 Å².